The number of nitrogens with one attached hydrogen (secondary N) is 1. The summed E-state index contributed by atoms with van der Waals surface area (Å²) in [5, 5.41) is 2.82. The number of benzene rings is 2. The van der Waals surface area contributed by atoms with Gasteiger partial charge in [0.05, 0.1) is 37.1 Å². The van der Waals surface area contributed by atoms with E-state index in [1.165, 1.54) is 7.11 Å². The molecule has 0 saturated carbocycles. The summed E-state index contributed by atoms with van der Waals surface area (Å²) >= 11 is 0. The quantitative estimate of drug-likeness (QED) is 0.928. The van der Waals surface area contributed by atoms with Gasteiger partial charge in [-0.3, -0.25) is 9.59 Å². The molecule has 2 aromatic carbocycles. The van der Waals surface area contributed by atoms with E-state index in [0.717, 1.165) is 0 Å². The topological polar surface area (TPSA) is 67.9 Å². The highest BCUT2D eigenvalue weighted by Crippen LogP contribution is 2.22. The number of hydrogen-bond donors (Lipinski definition) is 1. The molecule has 6 heteroatoms. The van der Waals surface area contributed by atoms with Gasteiger partial charge in [0.1, 0.15) is 5.75 Å². The van der Waals surface area contributed by atoms with Gasteiger partial charge in [-0.25, -0.2) is 0 Å². The highest BCUT2D eigenvalue weighted by molar-refractivity contribution is 6.10. The molecule has 1 fully saturated rings. The van der Waals surface area contributed by atoms with Gasteiger partial charge in [0.25, 0.3) is 11.8 Å². The maximum atomic E-state index is 12.8. The first kappa shape index (κ1) is 17.0. The molecular weight excluding hydrogens is 320 g/mol. The molecule has 0 spiro atoms. The number of rotatable bonds is 4. The van der Waals surface area contributed by atoms with Crippen LogP contribution in [0.1, 0.15) is 20.7 Å². The SMILES string of the molecule is COc1ccccc1C(=O)Nc1ccccc1C(=O)N1CCOCC1. The molecule has 0 aromatic heterocycles. The van der Waals surface area contributed by atoms with Crippen LogP contribution < -0.4 is 10.1 Å². The molecule has 0 aliphatic carbocycles. The maximum absolute atomic E-state index is 12.8. The van der Waals surface area contributed by atoms with Crippen LogP contribution in [-0.2, 0) is 4.74 Å². The third-order valence-corrected chi connectivity index (χ3v) is 4.06. The Morgan fingerprint density at radius 1 is 1.00 bits per heavy atom. The van der Waals surface area contributed by atoms with Gasteiger partial charge in [0, 0.05) is 13.1 Å². The van der Waals surface area contributed by atoms with Gasteiger partial charge >= 0.3 is 0 Å². The van der Waals surface area contributed by atoms with E-state index >= 15 is 0 Å². The summed E-state index contributed by atoms with van der Waals surface area (Å²) in [4.78, 5) is 27.1. The number of hydrogen-bond acceptors (Lipinski definition) is 4. The molecule has 1 N–H and O–H groups in total. The van der Waals surface area contributed by atoms with Crippen LogP contribution in [0.15, 0.2) is 48.5 Å². The van der Waals surface area contributed by atoms with E-state index in [9.17, 15) is 9.59 Å². The fourth-order valence-electron chi connectivity index (χ4n) is 2.74. The lowest BCUT2D eigenvalue weighted by Gasteiger charge is -2.27. The number of ether oxygens (including phenoxy) is 2. The summed E-state index contributed by atoms with van der Waals surface area (Å²) in [5.41, 5.74) is 1.36. The zero-order valence-electron chi connectivity index (χ0n) is 14.0. The predicted octanol–water partition coefficient (Wildman–Crippen LogP) is 2.42. The van der Waals surface area contributed by atoms with Crippen molar-refractivity contribution in [2.24, 2.45) is 0 Å². The maximum Gasteiger partial charge on any atom is 0.259 e. The van der Waals surface area contributed by atoms with Crippen molar-refractivity contribution in [1.82, 2.24) is 4.90 Å². The van der Waals surface area contributed by atoms with Gasteiger partial charge in [-0.2, -0.15) is 0 Å². The lowest BCUT2D eigenvalue weighted by Crippen LogP contribution is -2.41. The van der Waals surface area contributed by atoms with Crippen molar-refractivity contribution in [2.45, 2.75) is 0 Å². The third kappa shape index (κ3) is 3.80. The van der Waals surface area contributed by atoms with Gasteiger partial charge in [-0.1, -0.05) is 24.3 Å². The Labute approximate surface area is 146 Å². The zero-order chi connectivity index (χ0) is 17.6. The smallest absolute Gasteiger partial charge is 0.259 e. The summed E-state index contributed by atoms with van der Waals surface area (Å²) in [6, 6.07) is 14.0. The Hall–Kier alpha value is -2.86. The van der Waals surface area contributed by atoms with E-state index in [4.69, 9.17) is 9.47 Å². The van der Waals surface area contributed by atoms with E-state index in [-0.39, 0.29) is 11.8 Å². The van der Waals surface area contributed by atoms with Crippen molar-refractivity contribution in [2.75, 3.05) is 38.7 Å². The molecule has 1 aliphatic heterocycles. The average molecular weight is 340 g/mol. The van der Waals surface area contributed by atoms with Gasteiger partial charge in [-0.15, -0.1) is 0 Å². The highest BCUT2D eigenvalue weighted by Gasteiger charge is 2.22. The Bertz CT molecular complexity index is 770. The number of amides is 2. The van der Waals surface area contributed by atoms with E-state index in [1.807, 2.05) is 0 Å². The first-order valence-corrected chi connectivity index (χ1v) is 8.11. The van der Waals surface area contributed by atoms with Crippen molar-refractivity contribution in [3.63, 3.8) is 0 Å². The number of morpholine rings is 1. The third-order valence-electron chi connectivity index (χ3n) is 4.06. The fourth-order valence-corrected chi connectivity index (χ4v) is 2.74. The normalized spacial score (nSPS) is 14.0. The van der Waals surface area contributed by atoms with Gasteiger partial charge in [0.15, 0.2) is 0 Å². The summed E-state index contributed by atoms with van der Waals surface area (Å²) in [7, 11) is 1.52. The van der Waals surface area contributed by atoms with Crippen LogP contribution >= 0.6 is 0 Å². The van der Waals surface area contributed by atoms with E-state index in [0.29, 0.717) is 48.9 Å². The van der Waals surface area contributed by atoms with Crippen LogP contribution in [0.4, 0.5) is 5.69 Å². The van der Waals surface area contributed by atoms with Crippen LogP contribution in [0.2, 0.25) is 0 Å². The molecule has 3 rings (SSSR count). The van der Waals surface area contributed by atoms with Crippen LogP contribution in [0, 0.1) is 0 Å². The molecule has 0 atom stereocenters. The molecule has 25 heavy (non-hydrogen) atoms. The van der Waals surface area contributed by atoms with Gasteiger partial charge in [0.2, 0.25) is 0 Å². The second-order valence-electron chi connectivity index (χ2n) is 5.60. The monoisotopic (exact) mass is 340 g/mol. The molecule has 0 unspecified atom stereocenters. The number of carbonyl (C=O) groups is 2. The van der Waals surface area contributed by atoms with Crippen LogP contribution in [0.25, 0.3) is 0 Å². The van der Waals surface area contributed by atoms with Crippen LogP contribution in [0.3, 0.4) is 0 Å². The second-order valence-corrected chi connectivity index (χ2v) is 5.60. The van der Waals surface area contributed by atoms with Crippen LogP contribution in [0.5, 0.6) is 5.75 Å². The Morgan fingerprint density at radius 3 is 2.36 bits per heavy atom. The van der Waals surface area contributed by atoms with E-state index < -0.39 is 0 Å². The van der Waals surface area contributed by atoms with Crippen molar-refractivity contribution >= 4 is 17.5 Å². The Kier molecular flexibility index (Phi) is 5.30. The Balaban J connectivity index is 1.83. The molecule has 1 saturated heterocycles. The first-order valence-electron chi connectivity index (χ1n) is 8.11. The van der Waals surface area contributed by atoms with Gasteiger partial charge < -0.3 is 19.7 Å². The number of nitrogens with zero attached hydrogens (tertiary/aromatic N) is 1. The van der Waals surface area contributed by atoms with Crippen molar-refractivity contribution in [3.05, 3.63) is 59.7 Å². The molecule has 0 bridgehead atoms. The zero-order valence-corrected chi connectivity index (χ0v) is 14.0. The number of anilines is 1. The lowest BCUT2D eigenvalue weighted by molar-refractivity contribution is 0.0303. The molecule has 1 heterocycles. The van der Waals surface area contributed by atoms with Crippen molar-refractivity contribution in [3.8, 4) is 5.75 Å². The summed E-state index contributed by atoms with van der Waals surface area (Å²) in [6.07, 6.45) is 0. The van der Waals surface area contributed by atoms with E-state index in [2.05, 4.69) is 5.32 Å². The van der Waals surface area contributed by atoms with Crippen LogP contribution in [-0.4, -0.2) is 50.1 Å². The summed E-state index contributed by atoms with van der Waals surface area (Å²) in [6.45, 7) is 2.16. The minimum atomic E-state index is -0.320. The largest absolute Gasteiger partial charge is 0.496 e. The molecule has 1 aliphatic rings. The standard InChI is InChI=1S/C19H20N2O4/c1-24-17-9-5-3-7-15(17)18(22)20-16-8-4-2-6-14(16)19(23)21-10-12-25-13-11-21/h2-9H,10-13H2,1H3,(H,20,22). The molecule has 130 valence electrons. The van der Waals surface area contributed by atoms with Crippen molar-refractivity contribution in [1.29, 1.82) is 0 Å². The second kappa shape index (κ2) is 7.81. The molecule has 2 amide bonds. The molecule has 2 aromatic rings. The highest BCUT2D eigenvalue weighted by atomic mass is 16.5. The molecular formula is C19H20N2O4. The van der Waals surface area contributed by atoms with Gasteiger partial charge in [-0.05, 0) is 24.3 Å². The molecule has 6 nitrogen and oxygen atoms in total. The predicted molar refractivity (Wildman–Crippen MR) is 94.1 cm³/mol. The lowest BCUT2D eigenvalue weighted by atomic mass is 10.1. The van der Waals surface area contributed by atoms with Crippen molar-refractivity contribution < 1.29 is 19.1 Å². The average Bonchev–Trinajstić information content (AvgIpc) is 2.68. The Morgan fingerprint density at radius 2 is 1.64 bits per heavy atom. The molecule has 0 radical (unpaired) electrons. The fraction of sp³-hybridized carbons (Fsp3) is 0.263. The van der Waals surface area contributed by atoms with E-state index in [1.54, 1.807) is 53.4 Å². The minimum absolute atomic E-state index is 0.112. The minimum Gasteiger partial charge on any atom is -0.496 e. The number of para-hydroxylation sites is 2. The number of methoxy groups -OCH3 is 1. The first-order chi connectivity index (χ1) is 12.2. The summed E-state index contributed by atoms with van der Waals surface area (Å²) < 4.78 is 10.5. The number of carbonyl (C=O) groups excluding carboxylic acids is 2. The summed E-state index contributed by atoms with van der Waals surface area (Å²) in [5.74, 6) is 0.0518.